The second-order valence-corrected chi connectivity index (χ2v) is 26.4. The standard InChI is InChI=1S/C66H109N19O23/c1-9-33(6)52(64(106)81-43(25-31(2)3)61(103)85-53(35(8)87)65(107)108)83-48(91)29-73-56(98)39(14-12-24-72-66(70)71)78-58(100)40(13-10-11-23-67)79-62(104)45(30-86)82-59(101)41(19-21-46(69)89)77-54(96)34(7)75-57(99)42(20-22-49(92)93)80-60(102)44(27-50(94)95)76-47(90)28-74-63(105)51(32(4)5)84-55(97)38(68)26-36-15-17-37(88)18-16-36/h15-18,31-35,38-45,51-53,86-88H,9-14,19-30,67-68H2,1-8H3,(H2,69,89)(H,73,98)(H,74,105)(H,75,99)(H,76,90)(H,77,96)(H,78,100)(H,79,104)(H,80,102)(H,81,106)(H,82,101)(H,83,91)(H,84,97)(H,85,103)(H,92,93)(H,94,95)(H,107,108)(H4,70,71,72)/t33-,34-,35+,38-,39-,40-,41-,42-,43-,44-,45-,51-,52-,53-/m0/s1. The van der Waals surface area contributed by atoms with Crippen LogP contribution in [0, 0.1) is 17.8 Å². The molecule has 0 saturated carbocycles. The van der Waals surface area contributed by atoms with Crippen molar-refractivity contribution in [1.29, 1.82) is 0 Å². The van der Waals surface area contributed by atoms with Crippen LogP contribution in [0.15, 0.2) is 29.3 Å². The maximum absolute atomic E-state index is 14.2. The first kappa shape index (κ1) is 95.1. The second-order valence-electron chi connectivity index (χ2n) is 26.4. The number of carbonyl (C=O) groups excluding carboxylic acids is 14. The van der Waals surface area contributed by atoms with Gasteiger partial charge in [0.25, 0.3) is 0 Å². The zero-order valence-corrected chi connectivity index (χ0v) is 61.7. The van der Waals surface area contributed by atoms with Crippen molar-refractivity contribution in [3.63, 3.8) is 0 Å². The van der Waals surface area contributed by atoms with E-state index in [0.29, 0.717) is 12.0 Å². The summed E-state index contributed by atoms with van der Waals surface area (Å²) in [5.41, 5.74) is 28.7. The SMILES string of the molecule is CC[C@H](C)[C@H](NC(=O)CNC(=O)[C@H](CCCN=C(N)N)NC(=O)[C@H](CCCCN)NC(=O)[C@H](CO)NC(=O)[C@H](CCC(N)=O)NC(=O)[C@H](C)NC(=O)[C@H](CCC(=O)O)NC(=O)[C@H](CC(=O)O)NC(=O)CNC(=O)[C@@H](NC(=O)[C@@H](N)Cc1ccc(O)cc1)C(C)C)C(=O)N[C@@H](CC(C)C)C(=O)N[C@H](C(=O)O)[C@@H](C)O. The largest absolute Gasteiger partial charge is 0.508 e. The molecule has 606 valence electrons. The number of aliphatic carboxylic acids is 3. The molecule has 0 aromatic heterocycles. The van der Waals surface area contributed by atoms with E-state index in [1.807, 2.05) is 0 Å². The molecule has 0 unspecified atom stereocenters. The predicted octanol–water partition coefficient (Wildman–Crippen LogP) is -8.16. The molecule has 42 heteroatoms. The van der Waals surface area contributed by atoms with E-state index in [1.165, 1.54) is 24.3 Å². The summed E-state index contributed by atoms with van der Waals surface area (Å²) in [6.45, 7) is 9.28. The molecule has 14 atom stereocenters. The van der Waals surface area contributed by atoms with Gasteiger partial charge in [0, 0.05) is 19.4 Å². The number of phenolic OH excluding ortho intramolecular Hbond substituents is 1. The minimum Gasteiger partial charge on any atom is -0.508 e. The van der Waals surface area contributed by atoms with Gasteiger partial charge in [0.15, 0.2) is 12.0 Å². The Morgan fingerprint density at radius 3 is 1.45 bits per heavy atom. The van der Waals surface area contributed by atoms with Crippen LogP contribution in [-0.4, -0.2) is 249 Å². The monoisotopic (exact) mass is 1540 g/mol. The molecule has 1 aromatic rings. The molecule has 14 amide bonds. The van der Waals surface area contributed by atoms with Gasteiger partial charge in [0.2, 0.25) is 82.7 Å². The molecule has 0 aliphatic carbocycles. The van der Waals surface area contributed by atoms with Gasteiger partial charge in [-0.25, -0.2) is 4.79 Å². The number of aromatic hydroxyl groups is 1. The Bertz CT molecular complexity index is 3280. The van der Waals surface area contributed by atoms with Crippen LogP contribution in [0.5, 0.6) is 5.75 Å². The number of nitrogens with one attached hydrogen (secondary N) is 13. The summed E-state index contributed by atoms with van der Waals surface area (Å²) in [5, 5.41) is 89.0. The molecule has 0 heterocycles. The number of hydrogen-bond acceptors (Lipinski definition) is 23. The molecule has 0 spiro atoms. The number of carboxylic acids is 3. The number of phenols is 1. The van der Waals surface area contributed by atoms with Crippen molar-refractivity contribution in [3.8, 4) is 5.75 Å². The zero-order chi connectivity index (χ0) is 82.2. The highest BCUT2D eigenvalue weighted by Crippen LogP contribution is 2.15. The summed E-state index contributed by atoms with van der Waals surface area (Å²) in [6.07, 6.45) is -4.94. The Labute approximate surface area is 623 Å². The molecule has 42 nitrogen and oxygen atoms in total. The minimum absolute atomic E-state index is 0.0155. The van der Waals surface area contributed by atoms with Gasteiger partial charge in [-0.3, -0.25) is 81.7 Å². The van der Waals surface area contributed by atoms with Crippen LogP contribution in [0.3, 0.4) is 0 Å². The number of benzene rings is 1. The van der Waals surface area contributed by atoms with Crippen molar-refractivity contribution in [2.75, 3.05) is 32.8 Å². The normalized spacial score (nSPS) is 14.9. The van der Waals surface area contributed by atoms with Gasteiger partial charge < -0.3 is 128 Å². The third-order valence-corrected chi connectivity index (χ3v) is 16.4. The maximum Gasteiger partial charge on any atom is 0.328 e. The lowest BCUT2D eigenvalue weighted by Gasteiger charge is -2.28. The molecule has 0 fully saturated rings. The number of carboxylic acid groups (broad SMARTS) is 3. The number of nitrogens with two attached hydrogens (primary N) is 5. The van der Waals surface area contributed by atoms with Gasteiger partial charge in [-0.1, -0.05) is 60.1 Å². The van der Waals surface area contributed by atoms with E-state index in [2.05, 4.69) is 74.1 Å². The van der Waals surface area contributed by atoms with Crippen LogP contribution >= 0.6 is 0 Å². The fourth-order valence-corrected chi connectivity index (χ4v) is 10.1. The van der Waals surface area contributed by atoms with Crippen LogP contribution in [0.25, 0.3) is 0 Å². The Morgan fingerprint density at radius 1 is 0.481 bits per heavy atom. The second kappa shape index (κ2) is 49.1. The number of aliphatic imine (C=N–C) groups is 1. The third kappa shape index (κ3) is 36.9. The van der Waals surface area contributed by atoms with Gasteiger partial charge in [0.05, 0.1) is 38.3 Å². The average molecular weight is 1540 g/mol. The lowest BCUT2D eigenvalue weighted by Crippen LogP contribution is -2.60. The highest BCUT2D eigenvalue weighted by Gasteiger charge is 2.37. The summed E-state index contributed by atoms with van der Waals surface area (Å²) in [4.78, 5) is 229. The van der Waals surface area contributed by atoms with E-state index in [4.69, 9.17) is 28.7 Å². The number of unbranched alkanes of at least 4 members (excludes halogenated alkanes) is 1. The Hall–Kier alpha value is -10.9. The van der Waals surface area contributed by atoms with Crippen molar-refractivity contribution in [1.82, 2.24) is 69.1 Å². The first-order chi connectivity index (χ1) is 50.5. The number of carbonyl (C=O) groups is 17. The third-order valence-electron chi connectivity index (χ3n) is 16.4. The van der Waals surface area contributed by atoms with Gasteiger partial charge in [-0.15, -0.1) is 0 Å². The number of nitrogens with zero attached hydrogens (tertiary/aromatic N) is 1. The molecule has 0 aliphatic rings. The number of aliphatic hydroxyl groups is 2. The van der Waals surface area contributed by atoms with Crippen LogP contribution in [0.2, 0.25) is 0 Å². The lowest BCUT2D eigenvalue weighted by atomic mass is 9.96. The number of hydrogen-bond donors (Lipinski definition) is 24. The molecule has 0 radical (unpaired) electrons. The maximum atomic E-state index is 14.2. The van der Waals surface area contributed by atoms with Crippen LogP contribution in [-0.2, 0) is 87.9 Å². The molecule has 1 rings (SSSR count). The van der Waals surface area contributed by atoms with Crippen molar-refractivity contribution < 1.29 is 112 Å². The van der Waals surface area contributed by atoms with E-state index in [-0.39, 0.29) is 75.7 Å². The molecule has 29 N–H and O–H groups in total. The Morgan fingerprint density at radius 2 is 0.954 bits per heavy atom. The number of aliphatic hydroxyl groups excluding tert-OH is 2. The number of guanidine groups is 1. The van der Waals surface area contributed by atoms with Gasteiger partial charge in [-0.05, 0) is 114 Å². The number of amides is 14. The van der Waals surface area contributed by atoms with Crippen molar-refractivity contribution >= 4 is 107 Å². The molecular formula is C66H109N19O23. The fourth-order valence-electron chi connectivity index (χ4n) is 10.1. The smallest absolute Gasteiger partial charge is 0.328 e. The summed E-state index contributed by atoms with van der Waals surface area (Å²) in [5.74, 6) is -21.2. The van der Waals surface area contributed by atoms with Crippen LogP contribution in [0.1, 0.15) is 138 Å². The van der Waals surface area contributed by atoms with Crippen molar-refractivity contribution in [3.05, 3.63) is 29.8 Å². The summed E-state index contributed by atoms with van der Waals surface area (Å²) in [7, 11) is 0. The van der Waals surface area contributed by atoms with Gasteiger partial charge in [0.1, 0.15) is 66.2 Å². The zero-order valence-electron chi connectivity index (χ0n) is 61.7. The van der Waals surface area contributed by atoms with E-state index in [0.717, 1.165) is 13.8 Å². The van der Waals surface area contributed by atoms with Crippen LogP contribution < -0.4 is 97.8 Å². The van der Waals surface area contributed by atoms with E-state index >= 15 is 0 Å². The minimum atomic E-state index is -2.00. The molecule has 108 heavy (non-hydrogen) atoms. The van der Waals surface area contributed by atoms with E-state index in [1.54, 1.807) is 41.5 Å². The topological polar surface area (TPSA) is 710 Å². The number of rotatable bonds is 52. The van der Waals surface area contributed by atoms with Gasteiger partial charge >= 0.3 is 17.9 Å². The van der Waals surface area contributed by atoms with Crippen molar-refractivity contribution in [2.45, 2.75) is 217 Å². The molecular weight excluding hydrogens is 1430 g/mol. The average Bonchev–Trinajstić information content (AvgIpc) is 0.864. The first-order valence-corrected chi connectivity index (χ1v) is 35.0. The highest BCUT2D eigenvalue weighted by molar-refractivity contribution is 6.00. The highest BCUT2D eigenvalue weighted by atomic mass is 16.4. The quantitative estimate of drug-likeness (QED) is 0.0164. The summed E-state index contributed by atoms with van der Waals surface area (Å²) < 4.78 is 0. The first-order valence-electron chi connectivity index (χ1n) is 35.0. The Balaban J connectivity index is 3.39. The van der Waals surface area contributed by atoms with Crippen molar-refractivity contribution in [2.24, 2.45) is 51.4 Å². The Kier molecular flexibility index (Phi) is 43.2. The summed E-state index contributed by atoms with van der Waals surface area (Å²) >= 11 is 0. The molecule has 0 bridgehead atoms. The van der Waals surface area contributed by atoms with Crippen LogP contribution in [0.4, 0.5) is 0 Å². The van der Waals surface area contributed by atoms with E-state index in [9.17, 15) is 112 Å². The summed E-state index contributed by atoms with van der Waals surface area (Å²) in [6, 6.07) is -13.3. The number of primary amides is 1. The fraction of sp³-hybridized carbons (Fsp3) is 0.636. The van der Waals surface area contributed by atoms with E-state index < -0.39 is 243 Å². The molecule has 1 aromatic carbocycles. The molecule has 0 saturated heterocycles. The predicted molar refractivity (Wildman–Crippen MR) is 383 cm³/mol. The lowest BCUT2D eigenvalue weighted by molar-refractivity contribution is -0.145. The van der Waals surface area contributed by atoms with Gasteiger partial charge in [-0.2, -0.15) is 0 Å². The molecule has 0 aliphatic heterocycles.